The van der Waals surface area contributed by atoms with Crippen molar-refractivity contribution in [2.24, 2.45) is 11.8 Å². The standard InChI is InChI=1S/C21H21NO4/c1-12(17-10-18(17)20(23)24)22-21(25)26-11-19-15-8-4-2-6-13(15)14-7-3-5-9-16(14)19/h2-9,12,17-19H,10-11H2,1H3,(H,22,25)(H,23,24)/t12?,17-,18+/m0/s1. The molecule has 4 rings (SSSR count). The Bertz CT molecular complexity index is 817. The lowest BCUT2D eigenvalue weighted by atomic mass is 9.98. The monoisotopic (exact) mass is 351 g/mol. The van der Waals surface area contributed by atoms with Crippen molar-refractivity contribution in [2.75, 3.05) is 6.61 Å². The summed E-state index contributed by atoms with van der Waals surface area (Å²) in [6.07, 6.45) is 0.121. The van der Waals surface area contributed by atoms with E-state index in [1.165, 1.54) is 22.3 Å². The van der Waals surface area contributed by atoms with E-state index in [1.54, 1.807) is 0 Å². The molecule has 26 heavy (non-hydrogen) atoms. The van der Waals surface area contributed by atoms with Gasteiger partial charge in [-0.2, -0.15) is 0 Å². The van der Waals surface area contributed by atoms with E-state index in [-0.39, 0.29) is 30.4 Å². The molecule has 5 nitrogen and oxygen atoms in total. The summed E-state index contributed by atoms with van der Waals surface area (Å²) in [5, 5.41) is 11.8. The van der Waals surface area contributed by atoms with Crippen LogP contribution in [0.2, 0.25) is 0 Å². The molecule has 0 spiro atoms. The average Bonchev–Trinajstić information content (AvgIpc) is 3.38. The van der Waals surface area contributed by atoms with Crippen molar-refractivity contribution in [1.82, 2.24) is 5.32 Å². The quantitative estimate of drug-likeness (QED) is 0.862. The van der Waals surface area contributed by atoms with Crippen LogP contribution in [0.3, 0.4) is 0 Å². The highest BCUT2D eigenvalue weighted by atomic mass is 16.5. The summed E-state index contributed by atoms with van der Waals surface area (Å²) in [5.41, 5.74) is 4.71. The number of carboxylic acid groups (broad SMARTS) is 1. The van der Waals surface area contributed by atoms with Gasteiger partial charge in [0.25, 0.3) is 0 Å². The SMILES string of the molecule is CC(NC(=O)OCC1c2ccccc2-c2ccccc21)[C@@H]1C[C@H]1C(=O)O. The van der Waals surface area contributed by atoms with Crippen molar-refractivity contribution in [3.8, 4) is 11.1 Å². The van der Waals surface area contributed by atoms with Crippen molar-refractivity contribution < 1.29 is 19.4 Å². The molecular weight excluding hydrogens is 330 g/mol. The zero-order valence-corrected chi connectivity index (χ0v) is 14.5. The minimum absolute atomic E-state index is 0.00650. The number of hydrogen-bond donors (Lipinski definition) is 2. The number of ether oxygens (including phenoxy) is 1. The van der Waals surface area contributed by atoms with Crippen LogP contribution in [-0.2, 0) is 9.53 Å². The largest absolute Gasteiger partial charge is 0.481 e. The van der Waals surface area contributed by atoms with Crippen LogP contribution in [0.1, 0.15) is 30.4 Å². The van der Waals surface area contributed by atoms with Gasteiger partial charge in [0.2, 0.25) is 0 Å². The minimum Gasteiger partial charge on any atom is -0.481 e. The zero-order chi connectivity index (χ0) is 18.3. The molecule has 0 saturated heterocycles. The van der Waals surface area contributed by atoms with E-state index in [9.17, 15) is 9.59 Å². The van der Waals surface area contributed by atoms with E-state index in [2.05, 4.69) is 29.6 Å². The highest BCUT2D eigenvalue weighted by molar-refractivity contribution is 5.79. The Morgan fingerprint density at radius 1 is 1.12 bits per heavy atom. The summed E-state index contributed by atoms with van der Waals surface area (Å²) in [4.78, 5) is 23.1. The van der Waals surface area contributed by atoms with Crippen LogP contribution in [0.25, 0.3) is 11.1 Å². The molecule has 0 aromatic heterocycles. The van der Waals surface area contributed by atoms with Gasteiger partial charge in [-0.1, -0.05) is 48.5 Å². The molecule has 1 saturated carbocycles. The van der Waals surface area contributed by atoms with Crippen molar-refractivity contribution >= 4 is 12.1 Å². The number of carboxylic acids is 1. The van der Waals surface area contributed by atoms with Crippen molar-refractivity contribution in [1.29, 1.82) is 0 Å². The number of fused-ring (bicyclic) bond motifs is 3. The molecule has 1 amide bonds. The van der Waals surface area contributed by atoms with Crippen molar-refractivity contribution in [2.45, 2.75) is 25.3 Å². The van der Waals surface area contributed by atoms with Crippen LogP contribution in [0.5, 0.6) is 0 Å². The minimum atomic E-state index is -0.795. The first-order chi connectivity index (χ1) is 12.6. The Hall–Kier alpha value is -2.82. The zero-order valence-electron chi connectivity index (χ0n) is 14.5. The van der Waals surface area contributed by atoms with Gasteiger partial charge in [0.15, 0.2) is 0 Å². The third kappa shape index (κ3) is 2.94. The van der Waals surface area contributed by atoms with Gasteiger partial charge in [-0.25, -0.2) is 4.79 Å². The fourth-order valence-electron chi connectivity index (χ4n) is 3.98. The predicted molar refractivity (Wildman–Crippen MR) is 96.9 cm³/mol. The number of carbonyl (C=O) groups is 2. The van der Waals surface area contributed by atoms with Crippen LogP contribution < -0.4 is 5.32 Å². The summed E-state index contributed by atoms with van der Waals surface area (Å²) < 4.78 is 5.49. The first-order valence-electron chi connectivity index (χ1n) is 8.90. The Labute approximate surface area is 152 Å². The van der Waals surface area contributed by atoms with Gasteiger partial charge in [0.05, 0.1) is 5.92 Å². The van der Waals surface area contributed by atoms with Crippen LogP contribution in [-0.4, -0.2) is 29.8 Å². The molecule has 0 aliphatic heterocycles. The van der Waals surface area contributed by atoms with Crippen LogP contribution in [0, 0.1) is 11.8 Å². The molecule has 134 valence electrons. The number of amides is 1. The second kappa shape index (κ2) is 6.48. The lowest BCUT2D eigenvalue weighted by molar-refractivity contribution is -0.138. The first-order valence-corrected chi connectivity index (χ1v) is 8.90. The molecule has 2 aliphatic carbocycles. The summed E-state index contributed by atoms with van der Waals surface area (Å²) >= 11 is 0. The normalized spacial score (nSPS) is 21.4. The smallest absolute Gasteiger partial charge is 0.407 e. The second-order valence-corrected chi connectivity index (χ2v) is 7.10. The van der Waals surface area contributed by atoms with Gasteiger partial charge in [-0.15, -0.1) is 0 Å². The van der Waals surface area contributed by atoms with Gasteiger partial charge in [0.1, 0.15) is 6.61 Å². The molecule has 2 aromatic rings. The van der Waals surface area contributed by atoms with Gasteiger partial charge >= 0.3 is 12.1 Å². The van der Waals surface area contributed by atoms with Gasteiger partial charge in [-0.3, -0.25) is 4.79 Å². The Morgan fingerprint density at radius 3 is 2.23 bits per heavy atom. The van der Waals surface area contributed by atoms with Crippen LogP contribution in [0.4, 0.5) is 4.79 Å². The maximum Gasteiger partial charge on any atom is 0.407 e. The molecule has 2 aromatic carbocycles. The first kappa shape index (κ1) is 16.6. The molecular formula is C21H21NO4. The van der Waals surface area contributed by atoms with Crippen LogP contribution in [0.15, 0.2) is 48.5 Å². The Kier molecular flexibility index (Phi) is 4.15. The van der Waals surface area contributed by atoms with E-state index in [0.717, 1.165) is 0 Å². The molecule has 5 heteroatoms. The Morgan fingerprint density at radius 2 is 1.69 bits per heavy atom. The third-order valence-corrected chi connectivity index (χ3v) is 5.49. The molecule has 2 aliphatic rings. The number of benzene rings is 2. The molecule has 1 fully saturated rings. The lowest BCUT2D eigenvalue weighted by Gasteiger charge is -2.17. The third-order valence-electron chi connectivity index (χ3n) is 5.49. The highest BCUT2D eigenvalue weighted by Crippen LogP contribution is 2.44. The molecule has 0 bridgehead atoms. The number of aliphatic carboxylic acids is 1. The number of carbonyl (C=O) groups excluding carboxylic acids is 1. The van der Waals surface area contributed by atoms with E-state index >= 15 is 0 Å². The maximum absolute atomic E-state index is 12.2. The van der Waals surface area contributed by atoms with Crippen molar-refractivity contribution in [3.63, 3.8) is 0 Å². The molecule has 0 radical (unpaired) electrons. The summed E-state index contributed by atoms with van der Waals surface area (Å²) in [6, 6.07) is 16.2. The van der Waals surface area contributed by atoms with E-state index in [1.807, 2.05) is 31.2 Å². The van der Waals surface area contributed by atoms with Gasteiger partial charge in [0, 0.05) is 12.0 Å². The summed E-state index contributed by atoms with van der Waals surface area (Å²) in [7, 11) is 0. The summed E-state index contributed by atoms with van der Waals surface area (Å²) in [5.74, 6) is -1.13. The fourth-order valence-corrected chi connectivity index (χ4v) is 3.98. The second-order valence-electron chi connectivity index (χ2n) is 7.10. The summed E-state index contributed by atoms with van der Waals surface area (Å²) in [6.45, 7) is 2.09. The predicted octanol–water partition coefficient (Wildman–Crippen LogP) is 3.63. The number of nitrogens with one attached hydrogen (secondary N) is 1. The van der Waals surface area contributed by atoms with E-state index in [4.69, 9.17) is 9.84 Å². The van der Waals surface area contributed by atoms with Crippen LogP contribution >= 0.6 is 0 Å². The van der Waals surface area contributed by atoms with Gasteiger partial charge in [-0.05, 0) is 41.5 Å². The van der Waals surface area contributed by atoms with E-state index in [0.29, 0.717) is 6.42 Å². The lowest BCUT2D eigenvalue weighted by Crippen LogP contribution is -2.36. The molecule has 3 atom stereocenters. The molecule has 2 N–H and O–H groups in total. The highest BCUT2D eigenvalue weighted by Gasteiger charge is 2.47. The Balaban J connectivity index is 1.40. The fraction of sp³-hybridized carbons (Fsp3) is 0.333. The molecule has 0 heterocycles. The number of rotatable bonds is 5. The number of alkyl carbamates (subject to hydrolysis) is 1. The van der Waals surface area contributed by atoms with Gasteiger partial charge < -0.3 is 15.2 Å². The average molecular weight is 351 g/mol. The van der Waals surface area contributed by atoms with Crippen molar-refractivity contribution in [3.05, 3.63) is 59.7 Å². The topological polar surface area (TPSA) is 75.6 Å². The molecule has 1 unspecified atom stereocenters. The maximum atomic E-state index is 12.2. The number of hydrogen-bond acceptors (Lipinski definition) is 3. The van der Waals surface area contributed by atoms with E-state index < -0.39 is 12.1 Å².